The van der Waals surface area contributed by atoms with E-state index < -0.39 is 5.91 Å². The van der Waals surface area contributed by atoms with E-state index in [1.807, 2.05) is 25.1 Å². The molecule has 5 heteroatoms. The first-order valence-corrected chi connectivity index (χ1v) is 6.77. The van der Waals surface area contributed by atoms with Crippen molar-refractivity contribution in [2.75, 3.05) is 5.32 Å². The summed E-state index contributed by atoms with van der Waals surface area (Å²) in [4.78, 5) is 16.2. The third-order valence-electron chi connectivity index (χ3n) is 3.40. The number of aromatic nitrogens is 1. The lowest BCUT2D eigenvalue weighted by Gasteiger charge is -2.12. The molecule has 0 bridgehead atoms. The minimum atomic E-state index is -0.588. The standard InChI is InChI=1S/C17H14FN3O/c1-10-4-2-5-11-8-14(16(19)22)17(21-15(10)11)20-13-7-3-6-12(18)9-13/h2-9H,1H3,(H2,19,22)(H,20,21). The summed E-state index contributed by atoms with van der Waals surface area (Å²) in [5, 5.41) is 3.79. The van der Waals surface area contributed by atoms with Crippen LogP contribution in [0.2, 0.25) is 0 Å². The second-order valence-electron chi connectivity index (χ2n) is 5.03. The summed E-state index contributed by atoms with van der Waals surface area (Å²) in [6.45, 7) is 1.94. The van der Waals surface area contributed by atoms with Gasteiger partial charge in [0.2, 0.25) is 0 Å². The fraction of sp³-hybridized carbons (Fsp3) is 0.0588. The summed E-state index contributed by atoms with van der Waals surface area (Å²) < 4.78 is 13.3. The Bertz CT molecular complexity index is 877. The molecule has 1 heterocycles. The van der Waals surface area contributed by atoms with Crippen molar-refractivity contribution in [1.29, 1.82) is 0 Å². The summed E-state index contributed by atoms with van der Waals surface area (Å²) in [6.07, 6.45) is 0. The van der Waals surface area contributed by atoms with Crippen molar-refractivity contribution in [3.05, 3.63) is 65.5 Å². The number of pyridine rings is 1. The zero-order chi connectivity index (χ0) is 15.7. The first kappa shape index (κ1) is 14.0. The lowest BCUT2D eigenvalue weighted by Crippen LogP contribution is -2.14. The van der Waals surface area contributed by atoms with Gasteiger partial charge in [-0.3, -0.25) is 4.79 Å². The molecule has 4 nitrogen and oxygen atoms in total. The van der Waals surface area contributed by atoms with Gasteiger partial charge in [-0.05, 0) is 36.8 Å². The highest BCUT2D eigenvalue weighted by molar-refractivity contribution is 6.02. The molecule has 1 amide bonds. The van der Waals surface area contributed by atoms with Gasteiger partial charge < -0.3 is 11.1 Å². The number of nitrogens with two attached hydrogens (primary N) is 1. The maximum absolute atomic E-state index is 13.3. The smallest absolute Gasteiger partial charge is 0.252 e. The molecule has 0 radical (unpaired) electrons. The third kappa shape index (κ3) is 2.61. The number of fused-ring (bicyclic) bond motifs is 1. The van der Waals surface area contributed by atoms with Crippen molar-refractivity contribution in [2.24, 2.45) is 5.73 Å². The van der Waals surface area contributed by atoms with Gasteiger partial charge in [0.05, 0.1) is 11.1 Å². The fourth-order valence-electron chi connectivity index (χ4n) is 2.33. The predicted molar refractivity (Wildman–Crippen MR) is 84.7 cm³/mol. The van der Waals surface area contributed by atoms with Crippen molar-refractivity contribution in [3.8, 4) is 0 Å². The summed E-state index contributed by atoms with van der Waals surface area (Å²) in [6, 6.07) is 13.3. The number of primary amides is 1. The van der Waals surface area contributed by atoms with Crippen LogP contribution in [0.3, 0.4) is 0 Å². The first-order valence-electron chi connectivity index (χ1n) is 6.77. The summed E-state index contributed by atoms with van der Waals surface area (Å²) >= 11 is 0. The van der Waals surface area contributed by atoms with Gasteiger partial charge in [-0.1, -0.05) is 24.3 Å². The Labute approximate surface area is 126 Å². The molecule has 0 unspecified atom stereocenters. The van der Waals surface area contributed by atoms with E-state index >= 15 is 0 Å². The second-order valence-corrected chi connectivity index (χ2v) is 5.03. The number of hydrogen-bond donors (Lipinski definition) is 2. The Morgan fingerprint density at radius 2 is 1.95 bits per heavy atom. The van der Waals surface area contributed by atoms with E-state index in [9.17, 15) is 9.18 Å². The van der Waals surface area contributed by atoms with Crippen molar-refractivity contribution in [1.82, 2.24) is 4.98 Å². The minimum Gasteiger partial charge on any atom is -0.365 e. The van der Waals surface area contributed by atoms with Crippen LogP contribution in [0.4, 0.5) is 15.9 Å². The molecular weight excluding hydrogens is 281 g/mol. The topological polar surface area (TPSA) is 68.0 Å². The number of amides is 1. The van der Waals surface area contributed by atoms with Crippen molar-refractivity contribution >= 4 is 28.3 Å². The number of rotatable bonds is 3. The largest absolute Gasteiger partial charge is 0.365 e. The third-order valence-corrected chi connectivity index (χ3v) is 3.40. The number of aryl methyl sites for hydroxylation is 1. The molecule has 0 atom stereocenters. The van der Waals surface area contributed by atoms with Crippen molar-refractivity contribution in [3.63, 3.8) is 0 Å². The highest BCUT2D eigenvalue weighted by Crippen LogP contribution is 2.25. The lowest BCUT2D eigenvalue weighted by molar-refractivity contribution is 0.100. The number of carbonyl (C=O) groups is 1. The van der Waals surface area contributed by atoms with E-state index in [1.165, 1.54) is 12.1 Å². The van der Waals surface area contributed by atoms with Crippen LogP contribution in [0.15, 0.2) is 48.5 Å². The van der Waals surface area contributed by atoms with E-state index in [-0.39, 0.29) is 11.4 Å². The maximum atomic E-state index is 13.3. The molecule has 0 saturated carbocycles. The molecule has 2 aromatic carbocycles. The minimum absolute atomic E-state index is 0.266. The zero-order valence-corrected chi connectivity index (χ0v) is 11.9. The first-order chi connectivity index (χ1) is 10.5. The Balaban J connectivity index is 2.16. The average molecular weight is 295 g/mol. The predicted octanol–water partition coefficient (Wildman–Crippen LogP) is 3.52. The average Bonchev–Trinajstić information content (AvgIpc) is 2.47. The lowest BCUT2D eigenvalue weighted by atomic mass is 10.1. The number of hydrogen-bond acceptors (Lipinski definition) is 3. The molecule has 1 aromatic heterocycles. The number of para-hydroxylation sites is 1. The summed E-state index contributed by atoms with van der Waals surface area (Å²) in [5.74, 6) is -0.641. The van der Waals surface area contributed by atoms with Gasteiger partial charge in [-0.2, -0.15) is 0 Å². The van der Waals surface area contributed by atoms with Crippen LogP contribution in [0, 0.1) is 12.7 Å². The van der Waals surface area contributed by atoms with Crippen LogP contribution in [-0.4, -0.2) is 10.9 Å². The van der Waals surface area contributed by atoms with Crippen LogP contribution in [0.25, 0.3) is 10.9 Å². The van der Waals surface area contributed by atoms with E-state index in [4.69, 9.17) is 5.73 Å². The van der Waals surface area contributed by atoms with Crippen molar-refractivity contribution < 1.29 is 9.18 Å². The highest BCUT2D eigenvalue weighted by atomic mass is 19.1. The monoisotopic (exact) mass is 295 g/mol. The van der Waals surface area contributed by atoms with Gasteiger partial charge in [-0.25, -0.2) is 9.37 Å². The Kier molecular flexibility index (Phi) is 3.47. The molecule has 0 aliphatic rings. The number of halogens is 1. The highest BCUT2D eigenvalue weighted by Gasteiger charge is 2.13. The van der Waals surface area contributed by atoms with Gasteiger partial charge in [-0.15, -0.1) is 0 Å². The summed E-state index contributed by atoms with van der Waals surface area (Å²) in [7, 11) is 0. The van der Waals surface area contributed by atoms with Gasteiger partial charge >= 0.3 is 0 Å². The molecule has 110 valence electrons. The number of nitrogens with zero attached hydrogens (tertiary/aromatic N) is 1. The van der Waals surface area contributed by atoms with Gasteiger partial charge in [0, 0.05) is 11.1 Å². The molecule has 0 saturated heterocycles. The van der Waals surface area contributed by atoms with Crippen molar-refractivity contribution in [2.45, 2.75) is 6.92 Å². The Morgan fingerprint density at radius 1 is 1.18 bits per heavy atom. The van der Waals surface area contributed by atoms with Crippen LogP contribution in [0.1, 0.15) is 15.9 Å². The molecular formula is C17H14FN3O. The number of nitrogens with one attached hydrogen (secondary N) is 1. The fourth-order valence-corrected chi connectivity index (χ4v) is 2.33. The van der Waals surface area contributed by atoms with Crippen LogP contribution >= 0.6 is 0 Å². The second kappa shape index (κ2) is 5.44. The number of anilines is 2. The van der Waals surface area contributed by atoms with E-state index in [0.29, 0.717) is 11.5 Å². The quantitative estimate of drug-likeness (QED) is 0.776. The molecule has 0 fully saturated rings. The van der Waals surface area contributed by atoms with E-state index in [1.54, 1.807) is 18.2 Å². The molecule has 3 rings (SSSR count). The summed E-state index contributed by atoms with van der Waals surface area (Å²) in [5.41, 5.74) is 7.96. The number of benzene rings is 2. The SMILES string of the molecule is Cc1cccc2cc(C(N)=O)c(Nc3cccc(F)c3)nc12. The molecule has 22 heavy (non-hydrogen) atoms. The van der Waals surface area contributed by atoms with Crippen LogP contribution < -0.4 is 11.1 Å². The normalized spacial score (nSPS) is 10.6. The Morgan fingerprint density at radius 3 is 2.68 bits per heavy atom. The van der Waals surface area contributed by atoms with Crippen LogP contribution in [0.5, 0.6) is 0 Å². The van der Waals surface area contributed by atoms with Gasteiger partial charge in [0.1, 0.15) is 11.6 Å². The maximum Gasteiger partial charge on any atom is 0.252 e. The zero-order valence-electron chi connectivity index (χ0n) is 11.9. The van der Waals surface area contributed by atoms with Gasteiger partial charge in [0.25, 0.3) is 5.91 Å². The molecule has 0 spiro atoms. The van der Waals surface area contributed by atoms with E-state index in [0.717, 1.165) is 16.5 Å². The molecule has 0 aliphatic carbocycles. The molecule has 3 aromatic rings. The van der Waals surface area contributed by atoms with E-state index in [2.05, 4.69) is 10.3 Å². The Hall–Kier alpha value is -2.95. The molecule has 3 N–H and O–H groups in total. The van der Waals surface area contributed by atoms with Gasteiger partial charge in [0.15, 0.2) is 0 Å². The molecule has 0 aliphatic heterocycles. The van der Waals surface area contributed by atoms with Crippen LogP contribution in [-0.2, 0) is 0 Å². The number of carbonyl (C=O) groups excluding carboxylic acids is 1.